The second-order valence-corrected chi connectivity index (χ2v) is 7.43. The third-order valence-electron chi connectivity index (χ3n) is 3.39. The van der Waals surface area contributed by atoms with Crippen molar-refractivity contribution in [1.82, 2.24) is 0 Å². The maximum atomic E-state index is 12.4. The maximum absolute atomic E-state index is 12.4. The molecule has 0 radical (unpaired) electrons. The minimum atomic E-state index is -0.783. The van der Waals surface area contributed by atoms with Crippen molar-refractivity contribution in [3.05, 3.63) is 65.6 Å². The van der Waals surface area contributed by atoms with Crippen LogP contribution in [-0.2, 0) is 4.79 Å². The van der Waals surface area contributed by atoms with E-state index in [2.05, 4.69) is 37.2 Å². The minimum Gasteiger partial charge on any atom is -0.492 e. The number of amides is 1. The summed E-state index contributed by atoms with van der Waals surface area (Å²) in [5.74, 6) is -0.187. The normalized spacial score (nSPS) is 10.9. The Hall–Kier alpha value is -2.41. The van der Waals surface area contributed by atoms with Crippen LogP contribution in [0.5, 0.6) is 5.75 Å². The van der Waals surface area contributed by atoms with Gasteiger partial charge in [-0.25, -0.2) is 0 Å². The van der Waals surface area contributed by atoms with Crippen molar-refractivity contribution in [3.63, 3.8) is 0 Å². The zero-order valence-electron chi connectivity index (χ0n) is 14.3. The van der Waals surface area contributed by atoms with Gasteiger partial charge in [0, 0.05) is 11.1 Å². The number of nitro groups is 1. The van der Waals surface area contributed by atoms with Gasteiger partial charge in [0.1, 0.15) is 23.1 Å². The second kappa shape index (κ2) is 9.68. The second-order valence-electron chi connectivity index (χ2n) is 5.29. The van der Waals surface area contributed by atoms with Crippen LogP contribution in [0.2, 0.25) is 5.02 Å². The molecule has 10 heteroatoms. The van der Waals surface area contributed by atoms with E-state index in [0.717, 1.165) is 6.07 Å². The van der Waals surface area contributed by atoms with Crippen LogP contribution in [0, 0.1) is 21.4 Å². The van der Waals surface area contributed by atoms with E-state index < -0.39 is 10.8 Å². The summed E-state index contributed by atoms with van der Waals surface area (Å²) in [5.41, 5.74) is -0.106. The zero-order valence-corrected chi connectivity index (χ0v) is 18.3. The van der Waals surface area contributed by atoms with Crippen LogP contribution in [0.1, 0.15) is 12.5 Å². The monoisotopic (exact) mass is 527 g/mol. The predicted octanol–water partition coefficient (Wildman–Crippen LogP) is 5.72. The molecule has 144 valence electrons. The van der Waals surface area contributed by atoms with Crippen molar-refractivity contribution in [2.45, 2.75) is 6.92 Å². The molecule has 7 nitrogen and oxygen atoms in total. The average molecular weight is 530 g/mol. The van der Waals surface area contributed by atoms with Crippen LogP contribution in [0.25, 0.3) is 6.08 Å². The molecule has 2 aromatic rings. The fourth-order valence-corrected chi connectivity index (χ4v) is 3.83. The third-order valence-corrected chi connectivity index (χ3v) is 4.80. The molecule has 0 saturated heterocycles. The van der Waals surface area contributed by atoms with Crippen LogP contribution in [0.4, 0.5) is 11.4 Å². The van der Waals surface area contributed by atoms with E-state index in [1.807, 2.05) is 6.92 Å². The molecular formula is C18H12Br2ClN3O4. The lowest BCUT2D eigenvalue weighted by atomic mass is 10.1. The summed E-state index contributed by atoms with van der Waals surface area (Å²) < 4.78 is 6.77. The summed E-state index contributed by atoms with van der Waals surface area (Å²) in [6, 6.07) is 9.00. The van der Waals surface area contributed by atoms with E-state index >= 15 is 0 Å². The number of ether oxygens (including phenoxy) is 1. The van der Waals surface area contributed by atoms with E-state index in [-0.39, 0.29) is 22.0 Å². The number of carbonyl (C=O) groups is 1. The van der Waals surface area contributed by atoms with Gasteiger partial charge in [0.2, 0.25) is 0 Å². The Bertz CT molecular complexity index is 995. The predicted molar refractivity (Wildman–Crippen MR) is 113 cm³/mol. The molecule has 0 aliphatic heterocycles. The van der Waals surface area contributed by atoms with Crippen LogP contribution in [-0.4, -0.2) is 17.4 Å². The summed E-state index contributed by atoms with van der Waals surface area (Å²) >= 11 is 12.5. The zero-order chi connectivity index (χ0) is 20.8. The lowest BCUT2D eigenvalue weighted by Crippen LogP contribution is -2.14. The summed E-state index contributed by atoms with van der Waals surface area (Å²) in [7, 11) is 0. The molecule has 0 aliphatic rings. The minimum absolute atomic E-state index is 0.0606. The molecule has 1 N–H and O–H groups in total. The van der Waals surface area contributed by atoms with Gasteiger partial charge in [-0.1, -0.05) is 11.6 Å². The van der Waals surface area contributed by atoms with Gasteiger partial charge < -0.3 is 10.1 Å². The fourth-order valence-electron chi connectivity index (χ4n) is 2.21. The van der Waals surface area contributed by atoms with Gasteiger partial charge in [0.25, 0.3) is 11.6 Å². The number of nitriles is 1. The number of benzene rings is 2. The van der Waals surface area contributed by atoms with Crippen molar-refractivity contribution in [2.75, 3.05) is 11.9 Å². The molecule has 0 heterocycles. The van der Waals surface area contributed by atoms with Gasteiger partial charge in [0.05, 0.1) is 20.5 Å². The highest BCUT2D eigenvalue weighted by Gasteiger charge is 2.19. The van der Waals surface area contributed by atoms with Crippen molar-refractivity contribution in [1.29, 1.82) is 5.26 Å². The topological polar surface area (TPSA) is 105 Å². The first-order valence-electron chi connectivity index (χ1n) is 7.75. The summed E-state index contributed by atoms with van der Waals surface area (Å²) in [4.78, 5) is 22.9. The van der Waals surface area contributed by atoms with Crippen LogP contribution in [0.3, 0.4) is 0 Å². The number of nitrogens with zero attached hydrogens (tertiary/aromatic N) is 2. The summed E-state index contributed by atoms with van der Waals surface area (Å²) in [6.45, 7) is 2.32. The lowest BCUT2D eigenvalue weighted by Gasteiger charge is -2.10. The molecule has 0 aliphatic carbocycles. The molecule has 0 aromatic heterocycles. The van der Waals surface area contributed by atoms with E-state index in [1.54, 1.807) is 18.2 Å². The van der Waals surface area contributed by atoms with E-state index in [4.69, 9.17) is 16.3 Å². The summed E-state index contributed by atoms with van der Waals surface area (Å²) in [6.07, 6.45) is 1.36. The van der Waals surface area contributed by atoms with E-state index in [9.17, 15) is 20.2 Å². The van der Waals surface area contributed by atoms with Crippen molar-refractivity contribution in [3.8, 4) is 11.8 Å². The number of carbonyl (C=O) groups excluding carboxylic acids is 1. The van der Waals surface area contributed by atoms with Crippen LogP contribution in [0.15, 0.2) is 44.9 Å². The Labute approximate surface area is 182 Å². The number of halogens is 3. The molecule has 28 heavy (non-hydrogen) atoms. The Kier molecular flexibility index (Phi) is 7.57. The maximum Gasteiger partial charge on any atom is 0.294 e. The first-order chi connectivity index (χ1) is 13.3. The first-order valence-corrected chi connectivity index (χ1v) is 9.72. The van der Waals surface area contributed by atoms with Gasteiger partial charge in [-0.05, 0) is 74.7 Å². The lowest BCUT2D eigenvalue weighted by molar-refractivity contribution is -0.383. The molecule has 0 saturated carbocycles. The standard InChI is InChI=1S/C18H12Br2ClN3O4/c1-2-28-17-13(19)6-10(7-14(17)20)5-11(9-22)18(25)23-15-4-3-12(21)8-16(15)24(26)27/h3-8H,2H2,1H3,(H,23,25)/b11-5-. The number of rotatable bonds is 6. The average Bonchev–Trinajstić information content (AvgIpc) is 2.63. The largest absolute Gasteiger partial charge is 0.492 e. The van der Waals surface area contributed by atoms with Crippen LogP contribution >= 0.6 is 43.5 Å². The highest BCUT2D eigenvalue weighted by Crippen LogP contribution is 2.35. The first kappa shape index (κ1) is 21.9. The Balaban J connectivity index is 2.35. The number of nitro benzene ring substituents is 1. The Morgan fingerprint density at radius 3 is 2.54 bits per heavy atom. The molecule has 0 bridgehead atoms. The van der Waals surface area contributed by atoms with E-state index in [0.29, 0.717) is 26.9 Å². The molecule has 0 atom stereocenters. The number of nitrogens with one attached hydrogen (secondary N) is 1. The Morgan fingerprint density at radius 1 is 1.36 bits per heavy atom. The fraction of sp³-hybridized carbons (Fsp3) is 0.111. The molecule has 0 fully saturated rings. The smallest absolute Gasteiger partial charge is 0.294 e. The molecular weight excluding hydrogens is 517 g/mol. The SMILES string of the molecule is CCOc1c(Br)cc(/C=C(/C#N)C(=O)Nc2ccc(Cl)cc2[N+](=O)[O-])cc1Br. The third kappa shape index (κ3) is 5.32. The quantitative estimate of drug-likeness (QED) is 0.223. The van der Waals surface area contributed by atoms with Crippen LogP contribution < -0.4 is 10.1 Å². The molecule has 1 amide bonds. The molecule has 2 rings (SSSR count). The number of hydrogen-bond acceptors (Lipinski definition) is 5. The van der Waals surface area contributed by atoms with Gasteiger partial charge >= 0.3 is 0 Å². The van der Waals surface area contributed by atoms with Gasteiger partial charge in [-0.2, -0.15) is 5.26 Å². The van der Waals surface area contributed by atoms with Gasteiger partial charge in [0.15, 0.2) is 0 Å². The summed E-state index contributed by atoms with van der Waals surface area (Å²) in [5, 5.41) is 23.0. The highest BCUT2D eigenvalue weighted by molar-refractivity contribution is 9.11. The van der Waals surface area contributed by atoms with Crippen molar-refractivity contribution >= 4 is 66.8 Å². The molecule has 0 spiro atoms. The number of anilines is 1. The van der Waals surface area contributed by atoms with E-state index in [1.165, 1.54) is 18.2 Å². The van der Waals surface area contributed by atoms with Crippen molar-refractivity contribution in [2.24, 2.45) is 0 Å². The van der Waals surface area contributed by atoms with Crippen molar-refractivity contribution < 1.29 is 14.5 Å². The molecule has 2 aromatic carbocycles. The number of hydrogen-bond donors (Lipinski definition) is 1. The molecule has 0 unspecified atom stereocenters. The van der Waals surface area contributed by atoms with Gasteiger partial charge in [-0.15, -0.1) is 0 Å². The van der Waals surface area contributed by atoms with Gasteiger partial charge in [-0.3, -0.25) is 14.9 Å². The Morgan fingerprint density at radius 2 is 2.00 bits per heavy atom. The highest BCUT2D eigenvalue weighted by atomic mass is 79.9.